The third-order valence-corrected chi connectivity index (χ3v) is 10.1. The molecule has 0 aliphatic rings. The zero-order valence-electron chi connectivity index (χ0n) is 39.4. The molecule has 0 bridgehead atoms. The third kappa shape index (κ3) is 47.2. The predicted molar refractivity (Wildman–Crippen MR) is 260 cm³/mol. The molecule has 0 heterocycles. The first-order chi connectivity index (χ1) is 30.0. The molecule has 6 heteroatoms. The number of allylic oxidation sites excluding steroid dienone is 16. The molecule has 0 rings (SSSR count). The highest BCUT2D eigenvalue weighted by Gasteiger charge is 2.19. The van der Waals surface area contributed by atoms with Gasteiger partial charge in [-0.2, -0.15) is 0 Å². The molecule has 6 nitrogen and oxygen atoms in total. The molecule has 346 valence electrons. The molecular formula is C55H90O6. The maximum atomic E-state index is 12.8. The van der Waals surface area contributed by atoms with Crippen molar-refractivity contribution >= 4 is 17.9 Å². The molecule has 0 saturated carbocycles. The van der Waals surface area contributed by atoms with E-state index in [2.05, 4.69) is 118 Å². The SMILES string of the molecule is CC/C=C\C/C=C\C/C=C\C/C=C\CCCCCC(=O)OC(COC(=O)CCC/C=C\C/C=C\C/C=C\C/C=C\CCCCC)COC(=O)CCCCCCCCCCCC. The summed E-state index contributed by atoms with van der Waals surface area (Å²) in [5.74, 6) is -1.00. The average molecular weight is 847 g/mol. The second-order valence-electron chi connectivity index (χ2n) is 16.0. The topological polar surface area (TPSA) is 78.9 Å². The van der Waals surface area contributed by atoms with E-state index in [9.17, 15) is 14.4 Å². The van der Waals surface area contributed by atoms with E-state index in [1.54, 1.807) is 0 Å². The van der Waals surface area contributed by atoms with Gasteiger partial charge in [0.2, 0.25) is 0 Å². The minimum absolute atomic E-state index is 0.107. The van der Waals surface area contributed by atoms with E-state index in [1.807, 2.05) is 0 Å². The Hall–Kier alpha value is -3.67. The lowest BCUT2D eigenvalue weighted by atomic mass is 10.1. The summed E-state index contributed by atoms with van der Waals surface area (Å²) in [6, 6.07) is 0. The van der Waals surface area contributed by atoms with Gasteiger partial charge in [-0.25, -0.2) is 0 Å². The van der Waals surface area contributed by atoms with E-state index in [1.165, 1.54) is 70.6 Å². The fourth-order valence-corrected chi connectivity index (χ4v) is 6.36. The van der Waals surface area contributed by atoms with Crippen molar-refractivity contribution in [2.24, 2.45) is 0 Å². The van der Waals surface area contributed by atoms with Crippen LogP contribution < -0.4 is 0 Å². The normalized spacial score (nSPS) is 12.9. The first kappa shape index (κ1) is 57.3. The van der Waals surface area contributed by atoms with Crippen molar-refractivity contribution in [3.05, 3.63) is 97.2 Å². The quantitative estimate of drug-likeness (QED) is 0.0263. The molecule has 0 aliphatic carbocycles. The fraction of sp³-hybridized carbons (Fsp3) is 0.655. The van der Waals surface area contributed by atoms with Crippen LogP contribution in [0.4, 0.5) is 0 Å². The summed E-state index contributed by atoms with van der Waals surface area (Å²) in [7, 11) is 0. The molecule has 0 saturated heterocycles. The summed E-state index contributed by atoms with van der Waals surface area (Å²) in [4.78, 5) is 37.8. The van der Waals surface area contributed by atoms with Crippen LogP contribution in [0.25, 0.3) is 0 Å². The van der Waals surface area contributed by atoms with Crippen molar-refractivity contribution in [2.75, 3.05) is 13.2 Å². The maximum Gasteiger partial charge on any atom is 0.306 e. The zero-order valence-corrected chi connectivity index (χ0v) is 39.4. The number of carbonyl (C=O) groups excluding carboxylic acids is 3. The minimum atomic E-state index is -0.814. The van der Waals surface area contributed by atoms with Gasteiger partial charge < -0.3 is 14.2 Å². The van der Waals surface area contributed by atoms with E-state index >= 15 is 0 Å². The molecule has 0 aromatic carbocycles. The van der Waals surface area contributed by atoms with Crippen LogP contribution >= 0.6 is 0 Å². The molecule has 61 heavy (non-hydrogen) atoms. The van der Waals surface area contributed by atoms with E-state index in [0.29, 0.717) is 12.8 Å². The third-order valence-electron chi connectivity index (χ3n) is 10.1. The number of esters is 3. The van der Waals surface area contributed by atoms with Crippen molar-refractivity contribution in [1.29, 1.82) is 0 Å². The monoisotopic (exact) mass is 847 g/mol. The molecule has 0 aromatic rings. The molecule has 1 atom stereocenters. The maximum absolute atomic E-state index is 12.8. The number of rotatable bonds is 43. The summed E-state index contributed by atoms with van der Waals surface area (Å²) in [6.45, 7) is 6.39. The Kier molecular flexibility index (Phi) is 46.0. The summed E-state index contributed by atoms with van der Waals surface area (Å²) < 4.78 is 16.7. The molecular weight excluding hydrogens is 757 g/mol. The Balaban J connectivity index is 4.52. The lowest BCUT2D eigenvalue weighted by Gasteiger charge is -2.18. The Morgan fingerprint density at radius 2 is 0.656 bits per heavy atom. The molecule has 0 aromatic heterocycles. The smallest absolute Gasteiger partial charge is 0.306 e. The number of hydrogen-bond donors (Lipinski definition) is 0. The predicted octanol–water partition coefficient (Wildman–Crippen LogP) is 16.2. The molecule has 1 unspecified atom stereocenters. The molecule has 0 spiro atoms. The Morgan fingerprint density at radius 1 is 0.344 bits per heavy atom. The van der Waals surface area contributed by atoms with Gasteiger partial charge in [-0.3, -0.25) is 14.4 Å². The Bertz CT molecular complexity index is 1250. The van der Waals surface area contributed by atoms with E-state index < -0.39 is 6.10 Å². The largest absolute Gasteiger partial charge is 0.462 e. The minimum Gasteiger partial charge on any atom is -0.462 e. The van der Waals surface area contributed by atoms with Gasteiger partial charge in [0.1, 0.15) is 13.2 Å². The second-order valence-corrected chi connectivity index (χ2v) is 16.0. The van der Waals surface area contributed by atoms with Gasteiger partial charge in [-0.05, 0) is 96.3 Å². The molecule has 0 amide bonds. The van der Waals surface area contributed by atoms with Gasteiger partial charge in [-0.15, -0.1) is 0 Å². The van der Waals surface area contributed by atoms with Crippen molar-refractivity contribution in [3.8, 4) is 0 Å². The van der Waals surface area contributed by atoms with E-state index in [4.69, 9.17) is 14.2 Å². The molecule has 0 fully saturated rings. The second kappa shape index (κ2) is 49.0. The van der Waals surface area contributed by atoms with Gasteiger partial charge in [0, 0.05) is 19.3 Å². The lowest BCUT2D eigenvalue weighted by Crippen LogP contribution is -2.30. The van der Waals surface area contributed by atoms with Gasteiger partial charge in [0.25, 0.3) is 0 Å². The summed E-state index contributed by atoms with van der Waals surface area (Å²) in [5.41, 5.74) is 0. The van der Waals surface area contributed by atoms with Gasteiger partial charge >= 0.3 is 17.9 Å². The standard InChI is InChI=1S/C55H90O6/c1-4-7-10-13-16-19-22-24-26-28-30-31-33-36-39-42-45-48-54(57)60-51-52(50-59-53(56)47-44-41-38-35-21-18-15-12-9-6-3)61-55(58)49-46-43-40-37-34-32-29-27-25-23-20-17-14-11-8-5-2/h8,11,16-17,19-20,24-27,30-32,34,36,39,52H,4-7,9-10,12-15,18,21-23,28-29,33,35,37-38,40-51H2,1-3H3/b11-8-,19-16-,20-17-,26-24-,27-25-,31-30-,34-32-,39-36-. The van der Waals surface area contributed by atoms with Gasteiger partial charge in [-0.1, -0.05) is 195 Å². The van der Waals surface area contributed by atoms with Gasteiger partial charge in [0.05, 0.1) is 0 Å². The highest BCUT2D eigenvalue weighted by molar-refractivity contribution is 5.71. The summed E-state index contributed by atoms with van der Waals surface area (Å²) in [6.07, 6.45) is 63.9. The van der Waals surface area contributed by atoms with Crippen LogP contribution in [-0.2, 0) is 28.6 Å². The number of carbonyl (C=O) groups is 3. The number of hydrogen-bond acceptors (Lipinski definition) is 6. The first-order valence-electron chi connectivity index (χ1n) is 24.7. The summed E-state index contributed by atoms with van der Waals surface area (Å²) >= 11 is 0. The van der Waals surface area contributed by atoms with Crippen molar-refractivity contribution < 1.29 is 28.6 Å². The van der Waals surface area contributed by atoms with Crippen LogP contribution in [0.2, 0.25) is 0 Å². The molecule has 0 radical (unpaired) electrons. The van der Waals surface area contributed by atoms with Crippen LogP contribution in [0.15, 0.2) is 97.2 Å². The van der Waals surface area contributed by atoms with Crippen LogP contribution in [0, 0.1) is 0 Å². The highest BCUT2D eigenvalue weighted by atomic mass is 16.6. The van der Waals surface area contributed by atoms with Crippen LogP contribution in [0.1, 0.15) is 213 Å². The van der Waals surface area contributed by atoms with Crippen molar-refractivity contribution in [1.82, 2.24) is 0 Å². The van der Waals surface area contributed by atoms with E-state index in [-0.39, 0.29) is 44.0 Å². The summed E-state index contributed by atoms with van der Waals surface area (Å²) in [5, 5.41) is 0. The Labute approximate surface area is 375 Å². The van der Waals surface area contributed by atoms with Crippen LogP contribution in [-0.4, -0.2) is 37.2 Å². The fourth-order valence-electron chi connectivity index (χ4n) is 6.36. The number of ether oxygens (including phenoxy) is 3. The Morgan fingerprint density at radius 3 is 1.10 bits per heavy atom. The van der Waals surface area contributed by atoms with Crippen LogP contribution in [0.5, 0.6) is 0 Å². The van der Waals surface area contributed by atoms with Gasteiger partial charge in [0.15, 0.2) is 6.10 Å². The lowest BCUT2D eigenvalue weighted by molar-refractivity contribution is -0.167. The average Bonchev–Trinajstić information content (AvgIpc) is 3.26. The van der Waals surface area contributed by atoms with E-state index in [0.717, 1.165) is 96.3 Å². The van der Waals surface area contributed by atoms with Crippen molar-refractivity contribution in [3.63, 3.8) is 0 Å². The van der Waals surface area contributed by atoms with Crippen molar-refractivity contribution in [2.45, 2.75) is 219 Å². The zero-order chi connectivity index (χ0) is 44.4. The first-order valence-corrected chi connectivity index (χ1v) is 24.7. The molecule has 0 aliphatic heterocycles. The number of unbranched alkanes of at least 4 members (excludes halogenated alkanes) is 16. The highest BCUT2D eigenvalue weighted by Crippen LogP contribution is 2.13. The van der Waals surface area contributed by atoms with Crippen LogP contribution in [0.3, 0.4) is 0 Å². The molecule has 0 N–H and O–H groups in total.